The average Bonchev–Trinajstić information content (AvgIpc) is 2.88. The summed E-state index contributed by atoms with van der Waals surface area (Å²) < 4.78 is 15.8. The minimum Gasteiger partial charge on any atom is -0.497 e. The highest BCUT2D eigenvalue weighted by Gasteiger charge is 2.15. The number of methoxy groups -OCH3 is 3. The molecule has 3 aromatic rings. The topological polar surface area (TPSA) is 98.2 Å². The number of nitrogens with one attached hydrogen (secondary N) is 2. The summed E-state index contributed by atoms with van der Waals surface area (Å²) >= 11 is 0. The van der Waals surface area contributed by atoms with E-state index in [0.717, 1.165) is 5.56 Å². The quantitative estimate of drug-likeness (QED) is 0.289. The third-order valence-corrected chi connectivity index (χ3v) is 4.74. The van der Waals surface area contributed by atoms with Gasteiger partial charge in [-0.15, -0.1) is 0 Å². The first-order valence-corrected chi connectivity index (χ1v) is 10.3. The lowest BCUT2D eigenvalue weighted by Gasteiger charge is -2.11. The molecule has 2 N–H and O–H groups in total. The zero-order chi connectivity index (χ0) is 24.3. The van der Waals surface area contributed by atoms with E-state index in [9.17, 15) is 9.59 Å². The highest BCUT2D eigenvalue weighted by molar-refractivity contribution is 6.05. The fraction of sp³-hybridized carbons (Fsp3) is 0.115. The second-order valence-electron chi connectivity index (χ2n) is 6.96. The van der Waals surface area contributed by atoms with Crippen molar-refractivity contribution >= 4 is 24.1 Å². The molecule has 8 heteroatoms. The number of nitrogens with zero attached hydrogens (tertiary/aromatic N) is 1. The molecule has 0 saturated heterocycles. The number of benzene rings is 3. The molecule has 3 rings (SSSR count). The van der Waals surface area contributed by atoms with Gasteiger partial charge in [0.2, 0.25) is 0 Å². The maximum Gasteiger partial charge on any atom is 0.287 e. The third-order valence-electron chi connectivity index (χ3n) is 4.74. The monoisotopic (exact) mass is 459 g/mol. The second-order valence-corrected chi connectivity index (χ2v) is 6.96. The number of ether oxygens (including phenoxy) is 3. The lowest BCUT2D eigenvalue weighted by molar-refractivity contribution is -0.117. The average molecular weight is 460 g/mol. The van der Waals surface area contributed by atoms with E-state index in [1.807, 2.05) is 12.1 Å². The summed E-state index contributed by atoms with van der Waals surface area (Å²) in [6.07, 6.45) is 2.99. The van der Waals surface area contributed by atoms with Crippen LogP contribution in [-0.4, -0.2) is 39.4 Å². The summed E-state index contributed by atoms with van der Waals surface area (Å²) in [6.45, 7) is 0. The van der Waals surface area contributed by atoms with Crippen molar-refractivity contribution in [2.24, 2.45) is 5.10 Å². The number of hydrogen-bond donors (Lipinski definition) is 2. The zero-order valence-electron chi connectivity index (χ0n) is 19.1. The Bertz CT molecular complexity index is 1210. The van der Waals surface area contributed by atoms with Crippen LogP contribution in [0.25, 0.3) is 6.08 Å². The first-order chi connectivity index (χ1) is 16.5. The first-order valence-electron chi connectivity index (χ1n) is 10.3. The standard InChI is InChI=1S/C26H25N3O5/c1-32-21-11-7-8-18(14-21)17-27-29-26(31)23(28-25(30)19-9-5-4-6-10-19)15-20-12-13-22(33-2)16-24(20)34-3/h4-17H,1-3H3,(H,28,30)(H,29,31). The molecule has 8 nitrogen and oxygen atoms in total. The third kappa shape index (κ3) is 6.46. The molecule has 0 bridgehead atoms. The van der Waals surface area contributed by atoms with Gasteiger partial charge in [-0.3, -0.25) is 9.59 Å². The highest BCUT2D eigenvalue weighted by atomic mass is 16.5. The van der Waals surface area contributed by atoms with Crippen molar-refractivity contribution in [3.63, 3.8) is 0 Å². The molecular weight excluding hydrogens is 434 g/mol. The molecule has 0 atom stereocenters. The molecular formula is C26H25N3O5. The van der Waals surface area contributed by atoms with Crippen LogP contribution in [0.3, 0.4) is 0 Å². The molecule has 0 heterocycles. The van der Waals surface area contributed by atoms with E-state index in [1.165, 1.54) is 19.4 Å². The Morgan fingerprint density at radius 2 is 1.56 bits per heavy atom. The van der Waals surface area contributed by atoms with Crippen molar-refractivity contribution < 1.29 is 23.8 Å². The van der Waals surface area contributed by atoms with Gasteiger partial charge < -0.3 is 19.5 Å². The van der Waals surface area contributed by atoms with Gasteiger partial charge in [-0.05, 0) is 48.0 Å². The van der Waals surface area contributed by atoms with E-state index in [0.29, 0.717) is 28.4 Å². The van der Waals surface area contributed by atoms with E-state index in [-0.39, 0.29) is 5.70 Å². The van der Waals surface area contributed by atoms with Gasteiger partial charge in [0.15, 0.2) is 0 Å². The number of hydrogen-bond acceptors (Lipinski definition) is 6. The van der Waals surface area contributed by atoms with Crippen LogP contribution in [0, 0.1) is 0 Å². The van der Waals surface area contributed by atoms with Gasteiger partial charge in [0.25, 0.3) is 11.8 Å². The number of hydrazone groups is 1. The molecule has 0 aliphatic rings. The van der Waals surface area contributed by atoms with Crippen LogP contribution < -0.4 is 25.0 Å². The van der Waals surface area contributed by atoms with Crippen LogP contribution in [-0.2, 0) is 4.79 Å². The summed E-state index contributed by atoms with van der Waals surface area (Å²) in [7, 11) is 4.62. The van der Waals surface area contributed by atoms with Crippen molar-refractivity contribution in [2.75, 3.05) is 21.3 Å². The predicted molar refractivity (Wildman–Crippen MR) is 130 cm³/mol. The molecule has 0 radical (unpaired) electrons. The van der Waals surface area contributed by atoms with Gasteiger partial charge >= 0.3 is 0 Å². The zero-order valence-corrected chi connectivity index (χ0v) is 19.1. The normalized spacial score (nSPS) is 11.1. The molecule has 0 aliphatic heterocycles. The summed E-state index contributed by atoms with van der Waals surface area (Å²) in [6, 6.07) is 20.9. The maximum absolute atomic E-state index is 13.0. The van der Waals surface area contributed by atoms with Crippen LogP contribution in [0.2, 0.25) is 0 Å². The number of amides is 2. The van der Waals surface area contributed by atoms with Gasteiger partial charge in [-0.2, -0.15) is 5.10 Å². The highest BCUT2D eigenvalue weighted by Crippen LogP contribution is 2.26. The number of carbonyl (C=O) groups excluding carboxylic acids is 2. The molecule has 0 aromatic heterocycles. The Morgan fingerprint density at radius 3 is 2.26 bits per heavy atom. The van der Waals surface area contributed by atoms with Crippen LogP contribution in [0.5, 0.6) is 17.2 Å². The molecule has 0 aliphatic carbocycles. The van der Waals surface area contributed by atoms with E-state index >= 15 is 0 Å². The summed E-state index contributed by atoms with van der Waals surface area (Å²) in [5, 5.41) is 6.66. The molecule has 174 valence electrons. The minimum absolute atomic E-state index is 0.0138. The van der Waals surface area contributed by atoms with Crippen LogP contribution in [0.15, 0.2) is 83.6 Å². The van der Waals surface area contributed by atoms with Gasteiger partial charge in [0, 0.05) is 17.2 Å². The smallest absolute Gasteiger partial charge is 0.287 e. The van der Waals surface area contributed by atoms with Crippen molar-refractivity contribution in [1.82, 2.24) is 10.7 Å². The van der Waals surface area contributed by atoms with Crippen molar-refractivity contribution in [2.45, 2.75) is 0 Å². The molecule has 34 heavy (non-hydrogen) atoms. The minimum atomic E-state index is -0.610. The van der Waals surface area contributed by atoms with Gasteiger partial charge in [-0.1, -0.05) is 30.3 Å². The van der Waals surface area contributed by atoms with E-state index in [2.05, 4.69) is 15.8 Å². The SMILES string of the molecule is COc1cccc(C=NNC(=O)C(=Cc2ccc(OC)cc2OC)NC(=O)c2ccccc2)c1. The van der Waals surface area contributed by atoms with Crippen molar-refractivity contribution in [3.05, 3.63) is 95.2 Å². The number of rotatable bonds is 9. The fourth-order valence-corrected chi connectivity index (χ4v) is 2.98. The summed E-state index contributed by atoms with van der Waals surface area (Å²) in [5.41, 5.74) is 4.14. The molecule has 0 unspecified atom stereocenters. The lowest BCUT2D eigenvalue weighted by Crippen LogP contribution is -2.32. The van der Waals surface area contributed by atoms with Crippen LogP contribution >= 0.6 is 0 Å². The van der Waals surface area contributed by atoms with Gasteiger partial charge in [-0.25, -0.2) is 5.43 Å². The Labute approximate surface area is 197 Å². The Hall–Kier alpha value is -4.59. The van der Waals surface area contributed by atoms with Gasteiger partial charge in [0.05, 0.1) is 27.5 Å². The molecule has 0 spiro atoms. The van der Waals surface area contributed by atoms with Gasteiger partial charge in [0.1, 0.15) is 22.9 Å². The fourth-order valence-electron chi connectivity index (χ4n) is 2.98. The van der Waals surface area contributed by atoms with E-state index < -0.39 is 11.8 Å². The summed E-state index contributed by atoms with van der Waals surface area (Å²) in [5.74, 6) is 0.680. The Morgan fingerprint density at radius 1 is 0.824 bits per heavy atom. The Kier molecular flexibility index (Phi) is 8.40. The molecule has 0 saturated carbocycles. The first kappa shape index (κ1) is 24.1. The maximum atomic E-state index is 13.0. The van der Waals surface area contributed by atoms with Crippen LogP contribution in [0.4, 0.5) is 0 Å². The molecule has 2 amide bonds. The van der Waals surface area contributed by atoms with Crippen molar-refractivity contribution in [3.8, 4) is 17.2 Å². The second kappa shape index (κ2) is 11.9. The van der Waals surface area contributed by atoms with E-state index in [1.54, 1.807) is 74.9 Å². The molecule has 0 fully saturated rings. The largest absolute Gasteiger partial charge is 0.497 e. The van der Waals surface area contributed by atoms with Crippen LogP contribution in [0.1, 0.15) is 21.5 Å². The van der Waals surface area contributed by atoms with E-state index in [4.69, 9.17) is 14.2 Å². The van der Waals surface area contributed by atoms with Crippen molar-refractivity contribution in [1.29, 1.82) is 0 Å². The Balaban J connectivity index is 1.87. The lowest BCUT2D eigenvalue weighted by atomic mass is 10.1. The summed E-state index contributed by atoms with van der Waals surface area (Å²) in [4.78, 5) is 25.7. The number of carbonyl (C=O) groups is 2. The predicted octanol–water partition coefficient (Wildman–Crippen LogP) is 3.63. The molecule has 3 aromatic carbocycles.